The molecular formula is C17H20FN5O3S. The number of anilines is 1. The molecule has 0 saturated carbocycles. The summed E-state index contributed by atoms with van der Waals surface area (Å²) >= 11 is 1.13. The average Bonchev–Trinajstić information content (AvgIpc) is 3.09. The summed E-state index contributed by atoms with van der Waals surface area (Å²) < 4.78 is 19.9. The highest BCUT2D eigenvalue weighted by Gasteiger charge is 2.32. The SMILES string of the molecule is CC(=O)Nc1nc(F)c(CN2C[C@H](Oc3cc(C(C)=O)ncn3)C[C@@H]2C)s1. The summed E-state index contributed by atoms with van der Waals surface area (Å²) in [5.41, 5.74) is 0.306. The van der Waals surface area contributed by atoms with Gasteiger partial charge in [0.15, 0.2) is 10.9 Å². The Kier molecular flexibility index (Phi) is 5.76. The van der Waals surface area contributed by atoms with Gasteiger partial charge in [-0.2, -0.15) is 9.37 Å². The van der Waals surface area contributed by atoms with Crippen LogP contribution in [0, 0.1) is 5.95 Å². The molecule has 1 amide bonds. The van der Waals surface area contributed by atoms with Crippen molar-refractivity contribution in [2.75, 3.05) is 11.9 Å². The van der Waals surface area contributed by atoms with E-state index in [1.165, 1.54) is 26.2 Å². The van der Waals surface area contributed by atoms with Gasteiger partial charge in [-0.3, -0.25) is 14.5 Å². The predicted octanol–water partition coefficient (Wildman–Crippen LogP) is 2.28. The zero-order valence-corrected chi connectivity index (χ0v) is 16.0. The lowest BCUT2D eigenvalue weighted by Gasteiger charge is -2.19. The van der Waals surface area contributed by atoms with Crippen LogP contribution in [0.3, 0.4) is 0 Å². The Morgan fingerprint density at radius 2 is 2.19 bits per heavy atom. The zero-order chi connectivity index (χ0) is 19.6. The molecule has 0 bridgehead atoms. The van der Waals surface area contributed by atoms with Gasteiger partial charge in [-0.05, 0) is 6.92 Å². The Morgan fingerprint density at radius 3 is 2.89 bits per heavy atom. The van der Waals surface area contributed by atoms with E-state index in [1.54, 1.807) is 0 Å². The molecule has 8 nitrogen and oxygen atoms in total. The molecule has 2 aromatic heterocycles. The lowest BCUT2D eigenvalue weighted by atomic mass is 10.2. The first-order valence-corrected chi connectivity index (χ1v) is 9.30. The van der Waals surface area contributed by atoms with Gasteiger partial charge in [0.05, 0.1) is 4.88 Å². The Balaban J connectivity index is 1.63. The van der Waals surface area contributed by atoms with Crippen molar-refractivity contribution in [1.29, 1.82) is 0 Å². The highest BCUT2D eigenvalue weighted by molar-refractivity contribution is 7.15. The van der Waals surface area contributed by atoms with Crippen LogP contribution in [0.15, 0.2) is 12.4 Å². The number of carbonyl (C=O) groups excluding carboxylic acids is 2. The van der Waals surface area contributed by atoms with Crippen molar-refractivity contribution in [2.45, 2.75) is 45.9 Å². The minimum Gasteiger partial charge on any atom is -0.473 e. The van der Waals surface area contributed by atoms with E-state index in [0.29, 0.717) is 29.5 Å². The molecule has 27 heavy (non-hydrogen) atoms. The number of carbonyl (C=O) groups is 2. The van der Waals surface area contributed by atoms with Crippen molar-refractivity contribution in [3.05, 3.63) is 28.9 Å². The van der Waals surface area contributed by atoms with Gasteiger partial charge in [0.25, 0.3) is 0 Å². The van der Waals surface area contributed by atoms with E-state index < -0.39 is 5.95 Å². The third kappa shape index (κ3) is 4.83. The first kappa shape index (κ1) is 19.3. The molecule has 0 unspecified atom stereocenters. The molecule has 1 aliphatic rings. The van der Waals surface area contributed by atoms with Crippen molar-refractivity contribution in [3.8, 4) is 5.88 Å². The fourth-order valence-electron chi connectivity index (χ4n) is 2.94. The molecule has 1 N–H and O–H groups in total. The fourth-order valence-corrected chi connectivity index (χ4v) is 3.85. The smallest absolute Gasteiger partial charge is 0.230 e. The van der Waals surface area contributed by atoms with E-state index >= 15 is 0 Å². The monoisotopic (exact) mass is 393 g/mol. The Morgan fingerprint density at radius 1 is 1.41 bits per heavy atom. The number of nitrogens with zero attached hydrogens (tertiary/aromatic N) is 4. The Hall–Kier alpha value is -2.46. The van der Waals surface area contributed by atoms with Crippen molar-refractivity contribution in [2.24, 2.45) is 0 Å². The number of likely N-dealkylation sites (tertiary alicyclic amines) is 1. The van der Waals surface area contributed by atoms with Crippen molar-refractivity contribution in [3.63, 3.8) is 0 Å². The number of ketones is 1. The van der Waals surface area contributed by atoms with E-state index in [0.717, 1.165) is 17.8 Å². The minimum atomic E-state index is -0.567. The van der Waals surface area contributed by atoms with Crippen molar-refractivity contribution < 1.29 is 18.7 Å². The number of aromatic nitrogens is 3. The quantitative estimate of drug-likeness (QED) is 0.752. The van der Waals surface area contributed by atoms with Crippen LogP contribution in [0.1, 0.15) is 42.6 Å². The van der Waals surface area contributed by atoms with Gasteiger partial charge >= 0.3 is 0 Å². The molecule has 1 saturated heterocycles. The van der Waals surface area contributed by atoms with Crippen LogP contribution in [0.4, 0.5) is 9.52 Å². The molecule has 2 aromatic rings. The van der Waals surface area contributed by atoms with Crippen molar-refractivity contribution >= 4 is 28.2 Å². The highest BCUT2D eigenvalue weighted by atomic mass is 32.1. The fraction of sp³-hybridized carbons (Fsp3) is 0.471. The lowest BCUT2D eigenvalue weighted by molar-refractivity contribution is -0.114. The van der Waals surface area contributed by atoms with Gasteiger partial charge in [0, 0.05) is 45.5 Å². The summed E-state index contributed by atoms with van der Waals surface area (Å²) in [6.07, 6.45) is 1.93. The van der Waals surface area contributed by atoms with Gasteiger partial charge in [-0.15, -0.1) is 0 Å². The number of hydrogen-bond donors (Lipinski definition) is 1. The first-order chi connectivity index (χ1) is 12.8. The van der Waals surface area contributed by atoms with E-state index in [9.17, 15) is 14.0 Å². The maximum atomic E-state index is 14.0. The van der Waals surface area contributed by atoms with Crippen LogP contribution in [0.5, 0.6) is 5.88 Å². The largest absolute Gasteiger partial charge is 0.473 e. The van der Waals surface area contributed by atoms with Crippen LogP contribution in [-0.4, -0.2) is 50.2 Å². The first-order valence-electron chi connectivity index (χ1n) is 8.48. The van der Waals surface area contributed by atoms with E-state index in [2.05, 4.69) is 25.2 Å². The minimum absolute atomic E-state index is 0.125. The summed E-state index contributed by atoms with van der Waals surface area (Å²) in [6, 6.07) is 1.70. The van der Waals surface area contributed by atoms with Crippen LogP contribution < -0.4 is 10.1 Å². The van der Waals surface area contributed by atoms with Crippen molar-refractivity contribution in [1.82, 2.24) is 19.9 Å². The molecule has 0 spiro atoms. The third-order valence-corrected chi connectivity index (χ3v) is 5.17. The summed E-state index contributed by atoms with van der Waals surface area (Å²) in [5, 5.41) is 2.76. The number of rotatable bonds is 6. The van der Waals surface area contributed by atoms with Gasteiger partial charge in [-0.25, -0.2) is 9.97 Å². The maximum absolute atomic E-state index is 14.0. The second-order valence-electron chi connectivity index (χ2n) is 6.47. The molecule has 10 heteroatoms. The number of nitrogens with one attached hydrogen (secondary N) is 1. The van der Waals surface area contributed by atoms with E-state index in [4.69, 9.17) is 4.74 Å². The number of amides is 1. The number of Topliss-reactive ketones (excluding diaryl/α,β-unsaturated/α-hetero) is 1. The molecule has 1 aliphatic heterocycles. The summed E-state index contributed by atoms with van der Waals surface area (Å²) in [6.45, 7) is 5.80. The molecule has 2 atom stereocenters. The predicted molar refractivity (Wildman–Crippen MR) is 97.3 cm³/mol. The Labute approximate surface area is 159 Å². The topological polar surface area (TPSA) is 97.3 Å². The average molecular weight is 393 g/mol. The molecule has 3 rings (SSSR count). The second kappa shape index (κ2) is 8.05. The van der Waals surface area contributed by atoms with E-state index in [-0.39, 0.29) is 29.0 Å². The van der Waals surface area contributed by atoms with Gasteiger partial charge < -0.3 is 10.1 Å². The summed E-state index contributed by atoms with van der Waals surface area (Å²) in [4.78, 5) is 36.8. The molecule has 1 fully saturated rings. The van der Waals surface area contributed by atoms with Gasteiger partial charge in [-0.1, -0.05) is 11.3 Å². The molecule has 0 aromatic carbocycles. The molecule has 144 valence electrons. The van der Waals surface area contributed by atoms with Gasteiger partial charge in [0.2, 0.25) is 17.7 Å². The number of halogens is 1. The zero-order valence-electron chi connectivity index (χ0n) is 15.2. The number of ether oxygens (including phenoxy) is 1. The molecular weight excluding hydrogens is 373 g/mol. The lowest BCUT2D eigenvalue weighted by Crippen LogP contribution is -2.28. The number of thiazole rings is 1. The normalized spacial score (nSPS) is 19.9. The second-order valence-corrected chi connectivity index (χ2v) is 7.55. The van der Waals surface area contributed by atoms with Crippen LogP contribution >= 0.6 is 11.3 Å². The van der Waals surface area contributed by atoms with Crippen LogP contribution in [0.2, 0.25) is 0 Å². The van der Waals surface area contributed by atoms with E-state index in [1.807, 2.05) is 6.92 Å². The summed E-state index contributed by atoms with van der Waals surface area (Å²) in [5.74, 6) is -0.652. The van der Waals surface area contributed by atoms with Gasteiger partial charge in [0.1, 0.15) is 18.1 Å². The third-order valence-electron chi connectivity index (χ3n) is 4.23. The maximum Gasteiger partial charge on any atom is 0.230 e. The molecule has 0 aliphatic carbocycles. The highest BCUT2D eigenvalue weighted by Crippen LogP contribution is 2.28. The van der Waals surface area contributed by atoms with Crippen LogP contribution in [0.25, 0.3) is 0 Å². The molecule has 3 heterocycles. The Bertz CT molecular complexity index is 859. The van der Waals surface area contributed by atoms with Crippen LogP contribution in [-0.2, 0) is 11.3 Å². The molecule has 0 radical (unpaired) electrons. The standard InChI is InChI=1S/C17H20FN5O3S/c1-9-4-12(26-15-5-13(10(2)24)19-8-20-15)6-23(9)7-14-16(18)22-17(27-14)21-11(3)25/h5,8-9,12H,4,6-7H2,1-3H3,(H,21,22,25)/t9-,12+/m0/s1. The summed E-state index contributed by atoms with van der Waals surface area (Å²) in [7, 11) is 0. The number of hydrogen-bond acceptors (Lipinski definition) is 8.